The number of aryl methyl sites for hydroxylation is 4. The number of carbonyl (C=O) groups is 4. The predicted molar refractivity (Wildman–Crippen MR) is 314 cm³/mol. The summed E-state index contributed by atoms with van der Waals surface area (Å²) in [6.07, 6.45) is 12.0. The molecular formula is C62H66N6O12S2. The molecule has 4 amide bonds. The van der Waals surface area contributed by atoms with Crippen LogP contribution in [0.1, 0.15) is 105 Å². The fourth-order valence-electron chi connectivity index (χ4n) is 10.7. The van der Waals surface area contributed by atoms with E-state index in [0.29, 0.717) is 46.8 Å². The molecule has 2 aliphatic carbocycles. The Morgan fingerprint density at radius 1 is 0.500 bits per heavy atom. The van der Waals surface area contributed by atoms with Gasteiger partial charge in [-0.05, 0) is 171 Å². The Morgan fingerprint density at radius 2 is 0.878 bits per heavy atom. The lowest BCUT2D eigenvalue weighted by Crippen LogP contribution is -2.31. The van der Waals surface area contributed by atoms with Crippen LogP contribution in [0.25, 0.3) is 21.8 Å². The van der Waals surface area contributed by atoms with Crippen molar-refractivity contribution >= 4 is 77.2 Å². The largest absolute Gasteiger partial charge is 0.496 e. The summed E-state index contributed by atoms with van der Waals surface area (Å²) in [6, 6.07) is 34.1. The Kier molecular flexibility index (Phi) is 17.7. The van der Waals surface area contributed by atoms with Gasteiger partial charge in [0, 0.05) is 83.6 Å². The van der Waals surface area contributed by atoms with Crippen molar-refractivity contribution in [3.05, 3.63) is 178 Å². The number of nitrogens with one attached hydrogen (secondary N) is 4. The van der Waals surface area contributed by atoms with E-state index in [4.69, 9.17) is 18.9 Å². The highest BCUT2D eigenvalue weighted by Gasteiger charge is 2.25. The van der Waals surface area contributed by atoms with Crippen molar-refractivity contribution in [2.45, 2.75) is 100 Å². The number of anilines is 2. The van der Waals surface area contributed by atoms with Gasteiger partial charge in [-0.15, -0.1) is 0 Å². The summed E-state index contributed by atoms with van der Waals surface area (Å²) < 4.78 is 81.8. The smallest absolute Gasteiger partial charge is 0.411 e. The van der Waals surface area contributed by atoms with Gasteiger partial charge < -0.3 is 28.1 Å². The molecule has 0 spiro atoms. The second-order valence-electron chi connectivity index (χ2n) is 20.7. The summed E-state index contributed by atoms with van der Waals surface area (Å²) in [6.45, 7) is 3.34. The number of hydrogen-bond acceptors (Lipinski definition) is 12. The van der Waals surface area contributed by atoms with Crippen LogP contribution in [0.3, 0.4) is 0 Å². The van der Waals surface area contributed by atoms with E-state index in [0.717, 1.165) is 95.4 Å². The number of amides is 4. The van der Waals surface area contributed by atoms with Crippen LogP contribution in [0.4, 0.5) is 21.0 Å². The van der Waals surface area contributed by atoms with Gasteiger partial charge in [-0.25, -0.2) is 35.9 Å². The van der Waals surface area contributed by atoms with E-state index in [1.165, 1.54) is 38.5 Å². The monoisotopic (exact) mass is 1150 g/mol. The van der Waals surface area contributed by atoms with Gasteiger partial charge in [0.05, 0.1) is 24.0 Å². The van der Waals surface area contributed by atoms with Crippen molar-refractivity contribution in [3.63, 3.8) is 0 Å². The van der Waals surface area contributed by atoms with Crippen LogP contribution in [0.2, 0.25) is 0 Å². The van der Waals surface area contributed by atoms with Crippen LogP contribution in [0.5, 0.6) is 11.5 Å². The average Bonchev–Trinajstić information content (AvgIpc) is 4.35. The second-order valence-corrected chi connectivity index (χ2v) is 24.0. The average molecular weight is 1150 g/mol. The summed E-state index contributed by atoms with van der Waals surface area (Å²) >= 11 is 0. The SMILES string of the molecule is COc1cc(C(=O)NS(=O)(=O)c2ccccc2C)ccc1Cc1cn(C)c2ccc(NC(=O)OC3CCCC3)cc12.COc1cc(C(=O)NS(=O)(=O)c2ccccc2C)ccc1Cc1cn(C)c2ccc(NC(=O)OC3CCCC3)cc12. The molecule has 0 radical (unpaired) electrons. The first-order valence-corrected chi connectivity index (χ1v) is 30.0. The molecule has 6 aromatic carbocycles. The molecule has 82 heavy (non-hydrogen) atoms. The molecule has 2 saturated carbocycles. The highest BCUT2D eigenvalue weighted by molar-refractivity contribution is 7.90. The normalized spacial score (nSPS) is 13.7. The van der Waals surface area contributed by atoms with Gasteiger partial charge in [-0.2, -0.15) is 0 Å². The maximum Gasteiger partial charge on any atom is 0.411 e. The maximum absolute atomic E-state index is 12.9. The van der Waals surface area contributed by atoms with Crippen molar-refractivity contribution < 1.29 is 55.0 Å². The number of sulfonamides is 2. The number of hydrogen-bond donors (Lipinski definition) is 4. The van der Waals surface area contributed by atoms with Gasteiger partial charge >= 0.3 is 12.2 Å². The van der Waals surface area contributed by atoms with E-state index >= 15 is 0 Å². The van der Waals surface area contributed by atoms with Crippen molar-refractivity contribution in [1.29, 1.82) is 0 Å². The summed E-state index contributed by atoms with van der Waals surface area (Å²) in [5.41, 5.74) is 8.29. The zero-order valence-electron chi connectivity index (χ0n) is 46.5. The third-order valence-electron chi connectivity index (χ3n) is 14.9. The number of carbonyl (C=O) groups excluding carboxylic acids is 4. The van der Waals surface area contributed by atoms with Crippen LogP contribution in [0.15, 0.2) is 144 Å². The molecule has 0 unspecified atom stereocenters. The van der Waals surface area contributed by atoms with Crippen molar-refractivity contribution in [2.24, 2.45) is 14.1 Å². The van der Waals surface area contributed by atoms with Gasteiger partial charge in [0.1, 0.15) is 23.7 Å². The highest BCUT2D eigenvalue weighted by atomic mass is 32.2. The third kappa shape index (κ3) is 13.6. The van der Waals surface area contributed by atoms with Crippen LogP contribution < -0.4 is 29.6 Å². The minimum absolute atomic E-state index is 0.0221. The first kappa shape index (κ1) is 58.0. The van der Waals surface area contributed by atoms with Crippen molar-refractivity contribution in [3.8, 4) is 11.5 Å². The van der Waals surface area contributed by atoms with E-state index in [1.807, 2.05) is 72.0 Å². The molecule has 0 aliphatic heterocycles. The number of ether oxygens (including phenoxy) is 4. The van der Waals surface area contributed by atoms with Crippen LogP contribution in [-0.4, -0.2) is 76.4 Å². The molecule has 20 heteroatoms. The van der Waals surface area contributed by atoms with Crippen LogP contribution >= 0.6 is 0 Å². The number of rotatable bonds is 16. The molecule has 2 heterocycles. The zero-order chi connectivity index (χ0) is 58.3. The molecule has 0 atom stereocenters. The Morgan fingerprint density at radius 3 is 1.24 bits per heavy atom. The fraction of sp³-hybridized carbons (Fsp3) is 0.290. The molecule has 18 nitrogen and oxygen atoms in total. The van der Waals surface area contributed by atoms with Crippen LogP contribution in [0, 0.1) is 13.8 Å². The van der Waals surface area contributed by atoms with E-state index in [1.54, 1.807) is 74.5 Å². The zero-order valence-corrected chi connectivity index (χ0v) is 48.2. The molecule has 428 valence electrons. The quantitative estimate of drug-likeness (QED) is 0.0708. The minimum atomic E-state index is -4.04. The first-order chi connectivity index (χ1) is 39.3. The molecule has 0 saturated heterocycles. The summed E-state index contributed by atoms with van der Waals surface area (Å²) in [5, 5.41) is 7.61. The topological polar surface area (TPSA) is 231 Å². The lowest BCUT2D eigenvalue weighted by atomic mass is 10.0. The standard InChI is InChI=1S/2C31H33N3O6S/c2*1-20-8-4-7-11-29(20)41(37,38)33-30(35)22-13-12-21(28(17-22)39-3)16-23-19-34(2)27-15-14-24(18-26(23)27)32-31(36)40-25-9-5-6-10-25/h2*4,7-8,11-15,17-19,25H,5-6,9-10,16H2,1-3H3,(H,32,36)(H,33,35). The Hall–Kier alpha value is -8.62. The van der Waals surface area contributed by atoms with E-state index in [-0.39, 0.29) is 33.1 Å². The molecular weight excluding hydrogens is 1080 g/mol. The minimum Gasteiger partial charge on any atom is -0.496 e. The number of benzene rings is 6. The second kappa shape index (κ2) is 25.0. The Balaban J connectivity index is 0.000000198. The van der Waals surface area contributed by atoms with Gasteiger partial charge in [0.25, 0.3) is 31.9 Å². The molecule has 8 aromatic rings. The Bertz CT molecular complexity index is 3700. The lowest BCUT2D eigenvalue weighted by Gasteiger charge is -2.13. The van der Waals surface area contributed by atoms with Gasteiger partial charge in [-0.3, -0.25) is 20.2 Å². The number of methoxy groups -OCH3 is 2. The van der Waals surface area contributed by atoms with E-state index in [2.05, 4.69) is 20.1 Å². The van der Waals surface area contributed by atoms with Gasteiger partial charge in [0.15, 0.2) is 0 Å². The molecule has 4 N–H and O–H groups in total. The van der Waals surface area contributed by atoms with E-state index < -0.39 is 44.0 Å². The fourth-order valence-corrected chi connectivity index (χ4v) is 13.1. The number of fused-ring (bicyclic) bond motifs is 2. The van der Waals surface area contributed by atoms with Gasteiger partial charge in [-0.1, -0.05) is 48.5 Å². The molecule has 2 aromatic heterocycles. The van der Waals surface area contributed by atoms with E-state index in [9.17, 15) is 36.0 Å². The lowest BCUT2D eigenvalue weighted by molar-refractivity contribution is 0.0972. The Labute approximate surface area is 477 Å². The number of aromatic nitrogens is 2. The summed E-state index contributed by atoms with van der Waals surface area (Å²) in [7, 11) is -1.17. The molecule has 10 rings (SSSR count). The predicted octanol–water partition coefficient (Wildman–Crippen LogP) is 11.4. The van der Waals surface area contributed by atoms with Crippen molar-refractivity contribution in [2.75, 3.05) is 24.9 Å². The maximum atomic E-state index is 12.9. The molecule has 2 fully saturated rings. The first-order valence-electron chi connectivity index (χ1n) is 27.0. The molecule has 0 bridgehead atoms. The number of nitrogens with zero attached hydrogens (tertiary/aromatic N) is 2. The van der Waals surface area contributed by atoms with Gasteiger partial charge in [0.2, 0.25) is 0 Å². The summed E-state index contributed by atoms with van der Waals surface area (Å²) in [4.78, 5) is 50.7. The van der Waals surface area contributed by atoms with Crippen molar-refractivity contribution in [1.82, 2.24) is 18.6 Å². The van der Waals surface area contributed by atoms with Crippen LogP contribution in [-0.2, 0) is 56.5 Å². The summed E-state index contributed by atoms with van der Waals surface area (Å²) in [5.74, 6) is -0.582. The third-order valence-corrected chi connectivity index (χ3v) is 17.9. The molecule has 2 aliphatic rings. The highest BCUT2D eigenvalue weighted by Crippen LogP contribution is 2.33.